The van der Waals surface area contributed by atoms with Crippen LogP contribution in [-0.4, -0.2) is 26.1 Å². The normalized spacial score (nSPS) is 15.1. The molecule has 0 spiro atoms. The van der Waals surface area contributed by atoms with E-state index >= 15 is 0 Å². The minimum Gasteiger partial charge on any atom is -0.215 e. The molecule has 0 saturated heterocycles. The third kappa shape index (κ3) is 6.95. The molecular formula is C14H22ClNO2S. The molecule has 0 aliphatic carbocycles. The maximum atomic E-state index is 11.9. The minimum atomic E-state index is -3.22. The van der Waals surface area contributed by atoms with Crippen LogP contribution >= 0.6 is 11.6 Å². The maximum absolute atomic E-state index is 11.9. The third-order valence-electron chi connectivity index (χ3n) is 2.94. The van der Waals surface area contributed by atoms with Gasteiger partial charge in [0.1, 0.15) is 0 Å². The molecule has 2 atom stereocenters. The van der Waals surface area contributed by atoms with Gasteiger partial charge in [-0.1, -0.05) is 37.3 Å². The fraction of sp³-hybridized carbons (Fsp3) is 0.571. The summed E-state index contributed by atoms with van der Waals surface area (Å²) in [4.78, 5) is 0. The van der Waals surface area contributed by atoms with E-state index in [1.54, 1.807) is 0 Å². The van der Waals surface area contributed by atoms with Crippen molar-refractivity contribution >= 4 is 21.6 Å². The molecule has 1 rings (SSSR count). The lowest BCUT2D eigenvalue weighted by Crippen LogP contribution is -2.29. The van der Waals surface area contributed by atoms with Gasteiger partial charge in [-0.25, -0.2) is 13.1 Å². The highest BCUT2D eigenvalue weighted by molar-refractivity contribution is 7.89. The van der Waals surface area contributed by atoms with Crippen LogP contribution in [0.5, 0.6) is 0 Å². The van der Waals surface area contributed by atoms with Gasteiger partial charge in [0.25, 0.3) is 0 Å². The van der Waals surface area contributed by atoms with E-state index in [2.05, 4.69) is 4.72 Å². The Balaban J connectivity index is 2.42. The minimum absolute atomic E-state index is 0.00866. The summed E-state index contributed by atoms with van der Waals surface area (Å²) in [7, 11) is -3.22. The first-order valence-electron chi connectivity index (χ1n) is 6.57. The average Bonchev–Trinajstić information content (AvgIpc) is 2.35. The van der Waals surface area contributed by atoms with Crippen LogP contribution in [-0.2, 0) is 10.0 Å². The molecule has 5 heteroatoms. The molecule has 0 aliphatic rings. The maximum Gasteiger partial charge on any atom is 0.212 e. The van der Waals surface area contributed by atoms with Crippen molar-refractivity contribution < 1.29 is 8.42 Å². The highest BCUT2D eigenvalue weighted by atomic mass is 35.5. The van der Waals surface area contributed by atoms with Crippen molar-refractivity contribution in [3.63, 3.8) is 0 Å². The van der Waals surface area contributed by atoms with E-state index in [1.165, 1.54) is 0 Å². The van der Waals surface area contributed by atoms with E-state index < -0.39 is 10.0 Å². The zero-order valence-corrected chi connectivity index (χ0v) is 13.0. The molecule has 0 fully saturated rings. The van der Waals surface area contributed by atoms with E-state index in [4.69, 9.17) is 11.6 Å². The largest absolute Gasteiger partial charge is 0.215 e. The van der Waals surface area contributed by atoms with Crippen molar-refractivity contribution in [3.8, 4) is 0 Å². The molecule has 0 radical (unpaired) electrons. The Kier molecular flexibility index (Phi) is 6.83. The van der Waals surface area contributed by atoms with Gasteiger partial charge in [0.2, 0.25) is 10.0 Å². The van der Waals surface area contributed by atoms with Gasteiger partial charge in [0.15, 0.2) is 0 Å². The predicted octanol–water partition coefficient (Wildman–Crippen LogP) is 3.12. The SMILES string of the molecule is CC(Cl)CCCNS(=O)(=O)CC(C)c1ccccc1. The molecule has 108 valence electrons. The number of sulfonamides is 1. The first kappa shape index (κ1) is 16.5. The number of alkyl halides is 1. The Morgan fingerprint density at radius 3 is 2.42 bits per heavy atom. The van der Waals surface area contributed by atoms with Crippen LogP contribution in [0, 0.1) is 0 Å². The topological polar surface area (TPSA) is 46.2 Å². The number of hydrogen-bond donors (Lipinski definition) is 1. The molecule has 0 saturated carbocycles. The number of benzene rings is 1. The van der Waals surface area contributed by atoms with Crippen molar-refractivity contribution in [2.24, 2.45) is 0 Å². The second-order valence-electron chi connectivity index (χ2n) is 4.91. The number of hydrogen-bond acceptors (Lipinski definition) is 2. The fourth-order valence-electron chi connectivity index (χ4n) is 1.88. The number of halogens is 1. The summed E-state index contributed by atoms with van der Waals surface area (Å²) in [5, 5.41) is 0.0905. The second-order valence-corrected chi connectivity index (χ2v) is 7.51. The molecule has 1 N–H and O–H groups in total. The van der Waals surface area contributed by atoms with Crippen LogP contribution in [0.4, 0.5) is 0 Å². The Hall–Kier alpha value is -0.580. The predicted molar refractivity (Wildman–Crippen MR) is 81.2 cm³/mol. The van der Waals surface area contributed by atoms with E-state index in [-0.39, 0.29) is 17.0 Å². The lowest BCUT2D eigenvalue weighted by molar-refractivity contribution is 0.571. The van der Waals surface area contributed by atoms with Crippen LogP contribution in [0.3, 0.4) is 0 Å². The summed E-state index contributed by atoms with van der Waals surface area (Å²) in [5.74, 6) is 0.110. The van der Waals surface area contributed by atoms with Crippen molar-refractivity contribution in [2.45, 2.75) is 38.0 Å². The van der Waals surface area contributed by atoms with Gasteiger partial charge in [-0.3, -0.25) is 0 Å². The third-order valence-corrected chi connectivity index (χ3v) is 4.74. The summed E-state index contributed by atoms with van der Waals surface area (Å²) in [5.41, 5.74) is 1.04. The summed E-state index contributed by atoms with van der Waals surface area (Å²) in [6, 6.07) is 9.68. The van der Waals surface area contributed by atoms with Gasteiger partial charge in [-0.15, -0.1) is 11.6 Å². The molecule has 1 aromatic carbocycles. The standard InChI is InChI=1S/C14H22ClNO2S/c1-12(14-8-4-3-5-9-14)11-19(17,18)16-10-6-7-13(2)15/h3-5,8-9,12-13,16H,6-7,10-11H2,1-2H3. The molecule has 0 aliphatic heterocycles. The quantitative estimate of drug-likeness (QED) is 0.592. The van der Waals surface area contributed by atoms with Crippen LogP contribution in [0.15, 0.2) is 30.3 Å². The molecule has 0 aromatic heterocycles. The summed E-state index contributed by atoms with van der Waals surface area (Å²) in [6.07, 6.45) is 1.59. The first-order chi connectivity index (χ1) is 8.91. The highest BCUT2D eigenvalue weighted by Crippen LogP contribution is 2.16. The monoisotopic (exact) mass is 303 g/mol. The van der Waals surface area contributed by atoms with Crippen LogP contribution < -0.4 is 4.72 Å². The Morgan fingerprint density at radius 2 is 1.84 bits per heavy atom. The van der Waals surface area contributed by atoms with Crippen LogP contribution in [0.2, 0.25) is 0 Å². The Bertz CT molecular complexity index is 460. The van der Waals surface area contributed by atoms with Crippen molar-refractivity contribution in [3.05, 3.63) is 35.9 Å². The Labute approximate surface area is 121 Å². The van der Waals surface area contributed by atoms with Crippen LogP contribution in [0.25, 0.3) is 0 Å². The first-order valence-corrected chi connectivity index (χ1v) is 8.66. The van der Waals surface area contributed by atoms with Gasteiger partial charge in [0.05, 0.1) is 5.75 Å². The van der Waals surface area contributed by atoms with Crippen LogP contribution in [0.1, 0.15) is 38.2 Å². The lowest BCUT2D eigenvalue weighted by Gasteiger charge is -2.13. The van der Waals surface area contributed by atoms with E-state index in [0.29, 0.717) is 6.54 Å². The molecule has 1 aromatic rings. The van der Waals surface area contributed by atoms with Crippen molar-refractivity contribution in [1.29, 1.82) is 0 Å². The van der Waals surface area contributed by atoms with E-state index in [9.17, 15) is 8.42 Å². The molecule has 3 nitrogen and oxygen atoms in total. The molecule has 0 heterocycles. The van der Waals surface area contributed by atoms with Gasteiger partial charge >= 0.3 is 0 Å². The zero-order chi connectivity index (χ0) is 14.3. The summed E-state index contributed by atoms with van der Waals surface area (Å²) in [6.45, 7) is 4.30. The highest BCUT2D eigenvalue weighted by Gasteiger charge is 2.16. The summed E-state index contributed by atoms with van der Waals surface area (Å²) < 4.78 is 26.5. The van der Waals surface area contributed by atoms with Crippen molar-refractivity contribution in [1.82, 2.24) is 4.72 Å². The second kappa shape index (κ2) is 7.88. The fourth-order valence-corrected chi connectivity index (χ4v) is 3.46. The van der Waals surface area contributed by atoms with Gasteiger partial charge < -0.3 is 0 Å². The molecule has 0 amide bonds. The molecule has 19 heavy (non-hydrogen) atoms. The zero-order valence-electron chi connectivity index (χ0n) is 11.5. The van der Waals surface area contributed by atoms with Gasteiger partial charge in [-0.2, -0.15) is 0 Å². The van der Waals surface area contributed by atoms with Gasteiger partial charge in [-0.05, 0) is 31.2 Å². The molecule has 2 unspecified atom stereocenters. The Morgan fingerprint density at radius 1 is 1.21 bits per heavy atom. The average molecular weight is 304 g/mol. The smallest absolute Gasteiger partial charge is 0.212 e. The van der Waals surface area contributed by atoms with Crippen molar-refractivity contribution in [2.75, 3.05) is 12.3 Å². The van der Waals surface area contributed by atoms with E-state index in [0.717, 1.165) is 18.4 Å². The lowest BCUT2D eigenvalue weighted by atomic mass is 10.0. The number of rotatable bonds is 8. The van der Waals surface area contributed by atoms with E-state index in [1.807, 2.05) is 44.2 Å². The summed E-state index contributed by atoms with van der Waals surface area (Å²) >= 11 is 5.81. The number of nitrogens with one attached hydrogen (secondary N) is 1. The molecular weight excluding hydrogens is 282 g/mol. The van der Waals surface area contributed by atoms with Gasteiger partial charge in [0, 0.05) is 11.9 Å². The molecule has 0 bridgehead atoms.